The van der Waals surface area contributed by atoms with Crippen molar-refractivity contribution in [2.75, 3.05) is 38.7 Å². The molecule has 0 radical (unpaired) electrons. The Hall–Kier alpha value is 0.320. The number of thioether (sulfide) groups is 1. The molecule has 2 fully saturated rings. The molecular formula is C14H29Cl2N3OS. The Morgan fingerprint density at radius 3 is 2.71 bits per heavy atom. The fraction of sp³-hybridized carbons (Fsp3) is 0.929. The van der Waals surface area contributed by atoms with E-state index >= 15 is 0 Å². The lowest BCUT2D eigenvalue weighted by molar-refractivity contribution is -0.133. The van der Waals surface area contributed by atoms with Gasteiger partial charge in [0.2, 0.25) is 5.91 Å². The number of halogens is 2. The zero-order valence-corrected chi connectivity index (χ0v) is 15.7. The highest BCUT2D eigenvalue weighted by molar-refractivity contribution is 7.99. The van der Waals surface area contributed by atoms with E-state index in [-0.39, 0.29) is 24.8 Å². The van der Waals surface area contributed by atoms with Crippen LogP contribution in [-0.4, -0.2) is 72.5 Å². The molecule has 0 aromatic rings. The highest BCUT2D eigenvalue weighted by Gasteiger charge is 2.29. The van der Waals surface area contributed by atoms with Crippen LogP contribution in [0.4, 0.5) is 0 Å². The van der Waals surface area contributed by atoms with E-state index in [1.807, 2.05) is 23.7 Å². The Labute approximate surface area is 145 Å². The van der Waals surface area contributed by atoms with E-state index in [1.165, 1.54) is 5.75 Å². The van der Waals surface area contributed by atoms with E-state index in [0.29, 0.717) is 30.5 Å². The van der Waals surface area contributed by atoms with Crippen LogP contribution in [-0.2, 0) is 4.79 Å². The van der Waals surface area contributed by atoms with Crippen molar-refractivity contribution in [2.45, 2.75) is 44.3 Å². The Kier molecular flexibility index (Phi) is 10.3. The van der Waals surface area contributed by atoms with Crippen molar-refractivity contribution in [3.05, 3.63) is 0 Å². The number of hydrogen-bond donors (Lipinski definition) is 1. The molecule has 0 aromatic heterocycles. The number of amides is 1. The van der Waals surface area contributed by atoms with E-state index in [1.54, 1.807) is 0 Å². The second kappa shape index (κ2) is 10.2. The van der Waals surface area contributed by atoms with Gasteiger partial charge < -0.3 is 15.1 Å². The Morgan fingerprint density at radius 1 is 1.43 bits per heavy atom. The Balaban J connectivity index is 0.00000200. The first kappa shape index (κ1) is 21.3. The Bertz CT molecular complexity index is 317. The maximum Gasteiger partial charge on any atom is 0.224 e. The average Bonchev–Trinajstić information content (AvgIpc) is 2.42. The van der Waals surface area contributed by atoms with Crippen LogP contribution in [0.3, 0.4) is 0 Å². The van der Waals surface area contributed by atoms with Crippen molar-refractivity contribution >= 4 is 42.5 Å². The number of nitrogens with zero attached hydrogens (tertiary/aromatic N) is 2. The number of piperidine rings is 1. The molecule has 1 N–H and O–H groups in total. The maximum absolute atomic E-state index is 12.4. The van der Waals surface area contributed by atoms with Gasteiger partial charge in [-0.3, -0.25) is 4.79 Å². The fourth-order valence-electron chi connectivity index (χ4n) is 2.93. The molecule has 0 bridgehead atoms. The van der Waals surface area contributed by atoms with Gasteiger partial charge in [0.1, 0.15) is 0 Å². The summed E-state index contributed by atoms with van der Waals surface area (Å²) in [5.41, 5.74) is 0. The SMILES string of the molecule is CC1CC(N(C)C(=O)CC2CSCCN2)CCN1C.Cl.Cl. The summed E-state index contributed by atoms with van der Waals surface area (Å²) in [6.07, 6.45) is 2.87. The van der Waals surface area contributed by atoms with Gasteiger partial charge >= 0.3 is 0 Å². The van der Waals surface area contributed by atoms with E-state index in [9.17, 15) is 4.79 Å². The molecule has 126 valence electrons. The second-order valence-electron chi connectivity index (χ2n) is 5.94. The van der Waals surface area contributed by atoms with Gasteiger partial charge in [-0.15, -0.1) is 24.8 Å². The van der Waals surface area contributed by atoms with Crippen molar-refractivity contribution in [3.63, 3.8) is 0 Å². The standard InChI is InChI=1S/C14H27N3OS.2ClH/c1-11-8-13(4-6-16(11)2)17(3)14(18)9-12-10-19-7-5-15-12;;/h11-13,15H,4-10H2,1-3H3;2*1H. The second-order valence-corrected chi connectivity index (χ2v) is 7.09. The predicted molar refractivity (Wildman–Crippen MR) is 96.1 cm³/mol. The number of hydrogen-bond acceptors (Lipinski definition) is 4. The number of rotatable bonds is 3. The monoisotopic (exact) mass is 357 g/mol. The molecule has 0 saturated carbocycles. The summed E-state index contributed by atoms with van der Waals surface area (Å²) in [7, 11) is 4.16. The van der Waals surface area contributed by atoms with Gasteiger partial charge in [-0.1, -0.05) is 0 Å². The highest BCUT2D eigenvalue weighted by atomic mass is 35.5. The van der Waals surface area contributed by atoms with E-state index in [0.717, 1.165) is 31.7 Å². The minimum atomic E-state index is 0. The fourth-order valence-corrected chi connectivity index (χ4v) is 3.87. The zero-order valence-electron chi connectivity index (χ0n) is 13.2. The van der Waals surface area contributed by atoms with E-state index in [4.69, 9.17) is 0 Å². The number of nitrogens with one attached hydrogen (secondary N) is 1. The molecule has 0 spiro atoms. The zero-order chi connectivity index (χ0) is 13.8. The van der Waals surface area contributed by atoms with Crippen LogP contribution in [0.5, 0.6) is 0 Å². The first-order chi connectivity index (χ1) is 9.08. The summed E-state index contributed by atoms with van der Waals surface area (Å²) in [6, 6.07) is 1.38. The molecule has 4 nitrogen and oxygen atoms in total. The van der Waals surface area contributed by atoms with Crippen LogP contribution in [0.25, 0.3) is 0 Å². The molecule has 2 aliphatic heterocycles. The van der Waals surface area contributed by atoms with Crippen molar-refractivity contribution in [1.82, 2.24) is 15.1 Å². The van der Waals surface area contributed by atoms with Gasteiger partial charge in [0.05, 0.1) is 0 Å². The topological polar surface area (TPSA) is 35.6 Å². The molecule has 3 unspecified atom stereocenters. The molecule has 7 heteroatoms. The molecule has 2 saturated heterocycles. The van der Waals surface area contributed by atoms with Crippen molar-refractivity contribution < 1.29 is 4.79 Å². The number of carbonyl (C=O) groups is 1. The number of carbonyl (C=O) groups excluding carboxylic acids is 1. The van der Waals surface area contributed by atoms with Crippen molar-refractivity contribution in [3.8, 4) is 0 Å². The van der Waals surface area contributed by atoms with Crippen molar-refractivity contribution in [1.29, 1.82) is 0 Å². The first-order valence-electron chi connectivity index (χ1n) is 7.35. The van der Waals surface area contributed by atoms with Gasteiger partial charge in [-0.25, -0.2) is 0 Å². The molecule has 21 heavy (non-hydrogen) atoms. The maximum atomic E-state index is 12.4. The van der Waals surface area contributed by atoms with Gasteiger partial charge in [-0.05, 0) is 26.8 Å². The van der Waals surface area contributed by atoms with Crippen LogP contribution in [0.2, 0.25) is 0 Å². The molecule has 2 heterocycles. The lowest BCUT2D eigenvalue weighted by Gasteiger charge is -2.39. The predicted octanol–water partition coefficient (Wildman–Crippen LogP) is 1.87. The minimum absolute atomic E-state index is 0. The smallest absolute Gasteiger partial charge is 0.224 e. The summed E-state index contributed by atoms with van der Waals surface area (Å²) in [4.78, 5) is 16.7. The van der Waals surface area contributed by atoms with Crippen LogP contribution >= 0.6 is 36.6 Å². The lowest BCUT2D eigenvalue weighted by Crippen LogP contribution is -2.49. The summed E-state index contributed by atoms with van der Waals surface area (Å²) < 4.78 is 0. The lowest BCUT2D eigenvalue weighted by atomic mass is 9.97. The van der Waals surface area contributed by atoms with Crippen LogP contribution in [0, 0.1) is 0 Å². The Morgan fingerprint density at radius 2 is 2.14 bits per heavy atom. The third-order valence-electron chi connectivity index (χ3n) is 4.54. The molecule has 1 amide bonds. The summed E-state index contributed by atoms with van der Waals surface area (Å²) in [5.74, 6) is 2.55. The van der Waals surface area contributed by atoms with Crippen LogP contribution < -0.4 is 5.32 Å². The van der Waals surface area contributed by atoms with Gasteiger partial charge in [0.25, 0.3) is 0 Å². The number of likely N-dealkylation sites (tertiary alicyclic amines) is 1. The molecule has 2 aliphatic rings. The van der Waals surface area contributed by atoms with Crippen LogP contribution in [0.1, 0.15) is 26.2 Å². The summed E-state index contributed by atoms with van der Waals surface area (Å²) >= 11 is 1.95. The van der Waals surface area contributed by atoms with E-state index in [2.05, 4.69) is 24.2 Å². The molecule has 3 atom stereocenters. The molecule has 2 rings (SSSR count). The minimum Gasteiger partial charge on any atom is -0.343 e. The highest BCUT2D eigenvalue weighted by Crippen LogP contribution is 2.21. The van der Waals surface area contributed by atoms with Gasteiger partial charge in [0.15, 0.2) is 0 Å². The van der Waals surface area contributed by atoms with Gasteiger partial charge in [0, 0.05) is 56.2 Å². The third kappa shape index (κ3) is 6.14. The van der Waals surface area contributed by atoms with Crippen LogP contribution in [0.15, 0.2) is 0 Å². The quantitative estimate of drug-likeness (QED) is 0.836. The molecular weight excluding hydrogens is 329 g/mol. The summed E-state index contributed by atoms with van der Waals surface area (Å²) in [5, 5.41) is 3.45. The first-order valence-corrected chi connectivity index (χ1v) is 8.50. The molecule has 0 aliphatic carbocycles. The van der Waals surface area contributed by atoms with E-state index < -0.39 is 0 Å². The largest absolute Gasteiger partial charge is 0.343 e. The van der Waals surface area contributed by atoms with Crippen molar-refractivity contribution in [2.24, 2.45) is 0 Å². The molecule has 0 aromatic carbocycles. The summed E-state index contributed by atoms with van der Waals surface area (Å²) in [6.45, 7) is 4.39. The third-order valence-corrected chi connectivity index (χ3v) is 5.67. The van der Waals surface area contributed by atoms with Gasteiger partial charge in [-0.2, -0.15) is 11.8 Å². The average molecular weight is 358 g/mol. The normalized spacial score (nSPS) is 30.0.